The fourth-order valence-corrected chi connectivity index (χ4v) is 3.70. The molecule has 0 bridgehead atoms. The molecule has 3 aromatic rings. The summed E-state index contributed by atoms with van der Waals surface area (Å²) in [7, 11) is -1.17. The lowest BCUT2D eigenvalue weighted by molar-refractivity contribution is -0.385. The quantitative estimate of drug-likeness (QED) is 0.173. The minimum Gasteiger partial charge on any atom is -0.493 e. The Labute approximate surface area is 195 Å². The zero-order valence-electron chi connectivity index (χ0n) is 17.3. The standard InChI is InChI=1S/C21H18ClF2N3O5S/c1-33(30)12-13-7-15(27(28)29)10-16(8-13)31-5-2-6-32-19-9-14(23)3-4-17(19)20-18(24)11-25-21(22)26-20/h3-4,7-11H,2,5-6,12H2,1H3. The van der Waals surface area contributed by atoms with Crippen LogP contribution in [0.25, 0.3) is 11.3 Å². The summed E-state index contributed by atoms with van der Waals surface area (Å²) in [6, 6.07) is 7.77. The van der Waals surface area contributed by atoms with Gasteiger partial charge in [-0.1, -0.05) is 0 Å². The van der Waals surface area contributed by atoms with Crippen LogP contribution in [0, 0.1) is 21.7 Å². The molecule has 33 heavy (non-hydrogen) atoms. The van der Waals surface area contributed by atoms with E-state index in [4.69, 9.17) is 21.1 Å². The normalized spacial score (nSPS) is 11.8. The number of benzene rings is 2. The Hall–Kier alpha value is -3.18. The summed E-state index contributed by atoms with van der Waals surface area (Å²) >= 11 is 5.74. The number of hydrogen-bond donors (Lipinski definition) is 0. The number of rotatable bonds is 10. The lowest BCUT2D eigenvalue weighted by Gasteiger charge is -2.13. The predicted molar refractivity (Wildman–Crippen MR) is 119 cm³/mol. The summed E-state index contributed by atoms with van der Waals surface area (Å²) in [6.45, 7) is 0.214. The Bertz CT molecular complexity index is 1200. The van der Waals surface area contributed by atoms with E-state index in [0.29, 0.717) is 12.0 Å². The first-order chi connectivity index (χ1) is 15.7. The van der Waals surface area contributed by atoms with Gasteiger partial charge in [-0.15, -0.1) is 0 Å². The number of nitro benzene ring substituents is 1. The maximum Gasteiger partial charge on any atom is 0.273 e. The van der Waals surface area contributed by atoms with E-state index in [2.05, 4.69) is 9.97 Å². The lowest BCUT2D eigenvalue weighted by Crippen LogP contribution is -2.07. The van der Waals surface area contributed by atoms with Crippen molar-refractivity contribution in [1.29, 1.82) is 0 Å². The van der Waals surface area contributed by atoms with E-state index in [1.165, 1.54) is 24.5 Å². The molecule has 8 nitrogen and oxygen atoms in total. The average molecular weight is 498 g/mol. The third-order valence-corrected chi connectivity index (χ3v) is 5.18. The van der Waals surface area contributed by atoms with Gasteiger partial charge < -0.3 is 9.47 Å². The van der Waals surface area contributed by atoms with Gasteiger partial charge >= 0.3 is 0 Å². The zero-order valence-corrected chi connectivity index (χ0v) is 18.9. The molecule has 0 aliphatic rings. The van der Waals surface area contributed by atoms with Crippen LogP contribution in [-0.2, 0) is 16.6 Å². The Kier molecular flexibility index (Phi) is 8.23. The SMILES string of the molecule is CS(=O)Cc1cc(OCCCOc2cc(F)ccc2-c2nc(Cl)ncc2F)cc([N+](=O)[O-])c1. The second-order valence-corrected chi connectivity index (χ2v) is 8.61. The molecule has 12 heteroatoms. The van der Waals surface area contributed by atoms with E-state index in [0.717, 1.165) is 18.3 Å². The van der Waals surface area contributed by atoms with Crippen molar-refractivity contribution >= 4 is 28.1 Å². The van der Waals surface area contributed by atoms with Crippen molar-refractivity contribution in [3.05, 3.63) is 75.2 Å². The zero-order chi connectivity index (χ0) is 24.0. The van der Waals surface area contributed by atoms with Gasteiger partial charge in [0.2, 0.25) is 5.28 Å². The number of hydrogen-bond acceptors (Lipinski definition) is 7. The first kappa shape index (κ1) is 24.5. The number of non-ortho nitro benzene ring substituents is 1. The molecule has 0 radical (unpaired) electrons. The summed E-state index contributed by atoms with van der Waals surface area (Å²) in [4.78, 5) is 18.0. The van der Waals surface area contributed by atoms with Gasteiger partial charge in [0.15, 0.2) is 5.82 Å². The first-order valence-corrected chi connectivity index (χ1v) is 11.7. The molecular weight excluding hydrogens is 480 g/mol. The van der Waals surface area contributed by atoms with E-state index in [1.807, 2.05) is 0 Å². The molecule has 0 saturated carbocycles. The molecule has 174 valence electrons. The third kappa shape index (κ3) is 6.90. The highest BCUT2D eigenvalue weighted by atomic mass is 35.5. The second kappa shape index (κ2) is 11.1. The van der Waals surface area contributed by atoms with Crippen LogP contribution in [0.3, 0.4) is 0 Å². The molecule has 0 saturated heterocycles. The third-order valence-electron chi connectivity index (χ3n) is 4.26. The lowest BCUT2D eigenvalue weighted by atomic mass is 10.1. The average Bonchev–Trinajstić information content (AvgIpc) is 2.75. The summed E-state index contributed by atoms with van der Waals surface area (Å²) in [6.07, 6.45) is 2.74. The monoisotopic (exact) mass is 497 g/mol. The van der Waals surface area contributed by atoms with Crippen molar-refractivity contribution in [2.24, 2.45) is 0 Å². The van der Waals surface area contributed by atoms with Crippen molar-refractivity contribution in [3.63, 3.8) is 0 Å². The Morgan fingerprint density at radius 2 is 1.91 bits per heavy atom. The van der Waals surface area contributed by atoms with Crippen LogP contribution in [0.1, 0.15) is 12.0 Å². The van der Waals surface area contributed by atoms with E-state index < -0.39 is 27.4 Å². The largest absolute Gasteiger partial charge is 0.493 e. The van der Waals surface area contributed by atoms with Crippen LogP contribution in [0.2, 0.25) is 5.28 Å². The van der Waals surface area contributed by atoms with Gasteiger partial charge in [-0.05, 0) is 35.4 Å². The van der Waals surface area contributed by atoms with Crippen LogP contribution in [0.4, 0.5) is 14.5 Å². The van der Waals surface area contributed by atoms with Crippen molar-refractivity contribution in [1.82, 2.24) is 9.97 Å². The molecule has 0 N–H and O–H groups in total. The van der Waals surface area contributed by atoms with Gasteiger partial charge in [-0.25, -0.2) is 18.7 Å². The Morgan fingerprint density at radius 3 is 2.64 bits per heavy atom. The minimum absolute atomic E-state index is 0.0618. The molecule has 1 heterocycles. The Balaban J connectivity index is 1.65. The second-order valence-electron chi connectivity index (χ2n) is 6.84. The van der Waals surface area contributed by atoms with Crippen molar-refractivity contribution in [2.45, 2.75) is 12.2 Å². The molecule has 3 rings (SSSR count). The fourth-order valence-electron chi connectivity index (χ4n) is 2.93. The maximum absolute atomic E-state index is 14.1. The molecule has 1 unspecified atom stereocenters. The summed E-state index contributed by atoms with van der Waals surface area (Å²) in [5.74, 6) is -0.843. The Morgan fingerprint density at radius 1 is 1.15 bits per heavy atom. The van der Waals surface area contributed by atoms with Crippen LogP contribution < -0.4 is 9.47 Å². The van der Waals surface area contributed by atoms with Crippen molar-refractivity contribution < 1.29 is 27.4 Å². The van der Waals surface area contributed by atoms with Crippen LogP contribution in [0.15, 0.2) is 42.6 Å². The van der Waals surface area contributed by atoms with Crippen molar-refractivity contribution in [3.8, 4) is 22.8 Å². The number of halogens is 3. The molecule has 0 amide bonds. The highest BCUT2D eigenvalue weighted by Gasteiger charge is 2.16. The van der Waals surface area contributed by atoms with E-state index in [9.17, 15) is 23.1 Å². The summed E-state index contributed by atoms with van der Waals surface area (Å²) in [5.41, 5.74) is 0.430. The molecule has 0 aliphatic heterocycles. The van der Waals surface area contributed by atoms with Gasteiger partial charge in [0, 0.05) is 46.9 Å². The van der Waals surface area contributed by atoms with E-state index >= 15 is 0 Å². The number of aromatic nitrogens is 2. The summed E-state index contributed by atoms with van der Waals surface area (Å²) < 4.78 is 50.5. The van der Waals surface area contributed by atoms with Gasteiger partial charge in [0.1, 0.15) is 23.0 Å². The topological polar surface area (TPSA) is 104 Å². The summed E-state index contributed by atoms with van der Waals surface area (Å²) in [5, 5.41) is 11.0. The number of nitrogens with zero attached hydrogens (tertiary/aromatic N) is 3. The maximum atomic E-state index is 14.1. The number of nitro groups is 1. The van der Waals surface area contributed by atoms with Crippen LogP contribution >= 0.6 is 11.6 Å². The van der Waals surface area contributed by atoms with Gasteiger partial charge in [-0.2, -0.15) is 0 Å². The fraction of sp³-hybridized carbons (Fsp3) is 0.238. The molecule has 1 atom stereocenters. The molecule has 2 aromatic carbocycles. The van der Waals surface area contributed by atoms with Gasteiger partial charge in [0.05, 0.1) is 30.4 Å². The molecule has 0 fully saturated rings. The smallest absolute Gasteiger partial charge is 0.273 e. The highest BCUT2D eigenvalue weighted by Crippen LogP contribution is 2.32. The van der Waals surface area contributed by atoms with Gasteiger partial charge in [-0.3, -0.25) is 14.3 Å². The van der Waals surface area contributed by atoms with Gasteiger partial charge in [0.25, 0.3) is 5.69 Å². The number of ether oxygens (including phenoxy) is 2. The van der Waals surface area contributed by atoms with Crippen LogP contribution in [0.5, 0.6) is 11.5 Å². The van der Waals surface area contributed by atoms with E-state index in [1.54, 1.807) is 6.07 Å². The molecular formula is C21H18ClF2N3O5S. The molecule has 0 aliphatic carbocycles. The first-order valence-electron chi connectivity index (χ1n) is 9.55. The van der Waals surface area contributed by atoms with Crippen LogP contribution in [-0.4, -0.2) is 38.6 Å². The van der Waals surface area contributed by atoms with E-state index in [-0.39, 0.29) is 52.7 Å². The predicted octanol–water partition coefficient (Wildman–Crippen LogP) is 4.71. The minimum atomic E-state index is -1.17. The van der Waals surface area contributed by atoms with Crippen molar-refractivity contribution in [2.75, 3.05) is 19.5 Å². The molecule has 0 spiro atoms. The molecule has 1 aromatic heterocycles. The highest BCUT2D eigenvalue weighted by molar-refractivity contribution is 7.83.